The van der Waals surface area contributed by atoms with Crippen LogP contribution in [0.4, 0.5) is 22.7 Å². The number of rotatable bonds is 4. The van der Waals surface area contributed by atoms with Crippen molar-refractivity contribution in [2.24, 2.45) is 0 Å². The van der Waals surface area contributed by atoms with E-state index in [-0.39, 0.29) is 0 Å². The molecule has 3 nitrogen and oxygen atoms in total. The molecule has 3 heteroatoms. The fourth-order valence-electron chi connectivity index (χ4n) is 4.70. The molecule has 6 aromatic rings. The van der Waals surface area contributed by atoms with E-state index in [1.165, 1.54) is 32.3 Å². The third-order valence-corrected chi connectivity index (χ3v) is 6.23. The van der Waals surface area contributed by atoms with Gasteiger partial charge in [0.25, 0.3) is 0 Å². The summed E-state index contributed by atoms with van der Waals surface area (Å²) in [6.07, 6.45) is 0. The summed E-state index contributed by atoms with van der Waals surface area (Å²) in [6, 6.07) is 36.0. The fraction of sp³-hybridized carbons (Fsp3) is 0.0345. The van der Waals surface area contributed by atoms with E-state index < -0.39 is 0 Å². The van der Waals surface area contributed by atoms with E-state index in [0.717, 1.165) is 28.5 Å². The lowest BCUT2D eigenvalue weighted by Gasteiger charge is -2.28. The average Bonchev–Trinajstić information content (AvgIpc) is 2.85. The van der Waals surface area contributed by atoms with Gasteiger partial charge in [0.2, 0.25) is 0 Å². The molecule has 32 heavy (non-hydrogen) atoms. The Hall–Kier alpha value is -4.24. The monoisotopic (exact) mass is 414 g/mol. The third kappa shape index (κ3) is 2.83. The normalized spacial score (nSPS) is 11.4. The van der Waals surface area contributed by atoms with E-state index in [1.54, 1.807) is 7.11 Å². The average molecular weight is 415 g/mol. The van der Waals surface area contributed by atoms with Gasteiger partial charge >= 0.3 is 0 Å². The molecule has 0 atom stereocenters. The molecule has 2 N–H and O–H groups in total. The highest BCUT2D eigenvalue weighted by Gasteiger charge is 2.18. The van der Waals surface area contributed by atoms with E-state index in [4.69, 9.17) is 10.5 Å². The zero-order valence-electron chi connectivity index (χ0n) is 17.7. The Labute approximate surface area is 186 Å². The second-order valence-corrected chi connectivity index (χ2v) is 8.07. The number of hydrogen-bond acceptors (Lipinski definition) is 3. The molecule has 6 rings (SSSR count). The van der Waals surface area contributed by atoms with Gasteiger partial charge in [-0.3, -0.25) is 0 Å². The highest BCUT2D eigenvalue weighted by Crippen LogP contribution is 2.43. The van der Waals surface area contributed by atoms with Crippen molar-refractivity contribution in [2.45, 2.75) is 0 Å². The van der Waals surface area contributed by atoms with Gasteiger partial charge < -0.3 is 15.4 Å². The molecule has 0 fully saturated rings. The Morgan fingerprint density at radius 1 is 0.594 bits per heavy atom. The van der Waals surface area contributed by atoms with Crippen molar-refractivity contribution in [1.82, 2.24) is 0 Å². The standard InChI is InChI=1S/C29H22N2O/c1-32-25-15-13-24(14-16-25)31(23-11-9-22(30)10-12-23)27-18-8-21-6-5-19-3-2-4-20-7-17-26(27)29(21)28(19)20/h2-18H,30H2,1H3. The maximum Gasteiger partial charge on any atom is 0.119 e. The van der Waals surface area contributed by atoms with Gasteiger partial charge in [0.05, 0.1) is 12.8 Å². The number of hydrogen-bond donors (Lipinski definition) is 1. The molecule has 0 spiro atoms. The highest BCUT2D eigenvalue weighted by atomic mass is 16.5. The maximum atomic E-state index is 6.00. The summed E-state index contributed by atoms with van der Waals surface area (Å²) < 4.78 is 5.39. The Kier molecular flexibility index (Phi) is 4.15. The van der Waals surface area contributed by atoms with E-state index in [1.807, 2.05) is 24.3 Å². The molecule has 0 unspecified atom stereocenters. The Morgan fingerprint density at radius 3 is 1.81 bits per heavy atom. The second kappa shape index (κ2) is 7.17. The Bertz CT molecular complexity index is 1540. The lowest BCUT2D eigenvalue weighted by Crippen LogP contribution is -2.10. The van der Waals surface area contributed by atoms with Gasteiger partial charge in [-0.05, 0) is 81.5 Å². The van der Waals surface area contributed by atoms with Crippen molar-refractivity contribution in [3.8, 4) is 5.75 Å². The van der Waals surface area contributed by atoms with Crippen molar-refractivity contribution in [3.05, 3.63) is 103 Å². The summed E-state index contributed by atoms with van der Waals surface area (Å²) in [4.78, 5) is 2.28. The second-order valence-electron chi connectivity index (χ2n) is 8.07. The minimum Gasteiger partial charge on any atom is -0.497 e. The number of nitrogens with two attached hydrogens (primary N) is 1. The van der Waals surface area contributed by atoms with Crippen molar-refractivity contribution in [2.75, 3.05) is 17.7 Å². The van der Waals surface area contributed by atoms with Gasteiger partial charge in [0.1, 0.15) is 5.75 Å². The van der Waals surface area contributed by atoms with Crippen molar-refractivity contribution in [1.29, 1.82) is 0 Å². The summed E-state index contributed by atoms with van der Waals surface area (Å²) in [7, 11) is 1.69. The first-order valence-corrected chi connectivity index (χ1v) is 10.7. The van der Waals surface area contributed by atoms with Crippen molar-refractivity contribution < 1.29 is 4.74 Å². The fourth-order valence-corrected chi connectivity index (χ4v) is 4.70. The van der Waals surface area contributed by atoms with Crippen molar-refractivity contribution >= 4 is 55.1 Å². The largest absolute Gasteiger partial charge is 0.497 e. The van der Waals surface area contributed by atoms with E-state index in [9.17, 15) is 0 Å². The van der Waals surface area contributed by atoms with E-state index in [2.05, 4.69) is 83.8 Å². The number of anilines is 4. The van der Waals surface area contributed by atoms with Crippen LogP contribution in [0.5, 0.6) is 5.75 Å². The molecule has 0 saturated carbocycles. The summed E-state index contributed by atoms with van der Waals surface area (Å²) in [5.74, 6) is 0.835. The number of nitrogen functional groups attached to an aromatic ring is 1. The van der Waals surface area contributed by atoms with Crippen molar-refractivity contribution in [3.63, 3.8) is 0 Å². The lowest BCUT2D eigenvalue weighted by atomic mass is 9.93. The zero-order valence-corrected chi connectivity index (χ0v) is 17.7. The molecule has 0 aliphatic heterocycles. The topological polar surface area (TPSA) is 38.5 Å². The van der Waals surface area contributed by atoms with Crippen LogP contribution in [0, 0.1) is 0 Å². The van der Waals surface area contributed by atoms with Gasteiger partial charge in [-0.15, -0.1) is 0 Å². The quantitative estimate of drug-likeness (QED) is 0.238. The maximum absolute atomic E-state index is 6.00. The molecule has 0 radical (unpaired) electrons. The third-order valence-electron chi connectivity index (χ3n) is 6.23. The molecule has 0 aliphatic rings. The van der Waals surface area contributed by atoms with E-state index >= 15 is 0 Å². The minimum atomic E-state index is 0.749. The molecule has 0 saturated heterocycles. The Balaban J connectivity index is 1.67. The lowest BCUT2D eigenvalue weighted by molar-refractivity contribution is 0.415. The highest BCUT2D eigenvalue weighted by molar-refractivity contribution is 6.25. The molecule has 0 bridgehead atoms. The van der Waals surface area contributed by atoms with Crippen LogP contribution in [0.3, 0.4) is 0 Å². The van der Waals surface area contributed by atoms with Crippen LogP contribution in [0.1, 0.15) is 0 Å². The molecule has 0 aliphatic carbocycles. The summed E-state index contributed by atoms with van der Waals surface area (Å²) in [5, 5.41) is 7.62. The van der Waals surface area contributed by atoms with Crippen LogP contribution in [-0.4, -0.2) is 7.11 Å². The Morgan fingerprint density at radius 2 is 1.16 bits per heavy atom. The van der Waals surface area contributed by atoms with Gasteiger partial charge in [-0.25, -0.2) is 0 Å². The summed E-state index contributed by atoms with van der Waals surface area (Å²) in [6.45, 7) is 0. The molecule has 0 heterocycles. The molecule has 0 aromatic heterocycles. The van der Waals surface area contributed by atoms with Gasteiger partial charge in [0, 0.05) is 22.4 Å². The SMILES string of the molecule is COc1ccc(N(c2ccc(N)cc2)c2ccc3ccc4cccc5ccc2c3c45)cc1. The van der Waals surface area contributed by atoms with Crippen LogP contribution in [-0.2, 0) is 0 Å². The number of ether oxygens (including phenoxy) is 1. The predicted octanol–water partition coefficient (Wildman–Crippen LogP) is 7.64. The van der Waals surface area contributed by atoms with Crippen LogP contribution < -0.4 is 15.4 Å². The number of benzene rings is 6. The first-order chi connectivity index (χ1) is 15.7. The first-order valence-electron chi connectivity index (χ1n) is 10.7. The molecule has 154 valence electrons. The van der Waals surface area contributed by atoms with Crippen LogP contribution >= 0.6 is 0 Å². The molecular formula is C29H22N2O. The van der Waals surface area contributed by atoms with Gasteiger partial charge in [-0.2, -0.15) is 0 Å². The van der Waals surface area contributed by atoms with Crippen LogP contribution in [0.15, 0.2) is 103 Å². The molecule has 0 amide bonds. The number of methoxy groups -OCH3 is 1. The summed E-state index contributed by atoms with van der Waals surface area (Å²) >= 11 is 0. The smallest absolute Gasteiger partial charge is 0.119 e. The molecule has 6 aromatic carbocycles. The number of nitrogens with zero attached hydrogens (tertiary/aromatic N) is 1. The first kappa shape index (κ1) is 18.5. The van der Waals surface area contributed by atoms with E-state index in [0.29, 0.717) is 0 Å². The van der Waals surface area contributed by atoms with Gasteiger partial charge in [-0.1, -0.05) is 48.5 Å². The van der Waals surface area contributed by atoms with Crippen LogP contribution in [0.25, 0.3) is 32.3 Å². The minimum absolute atomic E-state index is 0.749. The van der Waals surface area contributed by atoms with Gasteiger partial charge in [0.15, 0.2) is 0 Å². The predicted molar refractivity (Wildman–Crippen MR) is 136 cm³/mol. The van der Waals surface area contributed by atoms with Crippen LogP contribution in [0.2, 0.25) is 0 Å². The summed E-state index contributed by atoms with van der Waals surface area (Å²) in [5.41, 5.74) is 9.99. The zero-order chi connectivity index (χ0) is 21.7. The molecular weight excluding hydrogens is 392 g/mol.